The van der Waals surface area contributed by atoms with Crippen molar-refractivity contribution in [2.75, 3.05) is 13.1 Å². The van der Waals surface area contributed by atoms with Gasteiger partial charge in [-0.25, -0.2) is 14.0 Å². The normalized spacial score (nSPS) is 12.3. The zero-order valence-corrected chi connectivity index (χ0v) is 21.7. The molecule has 2 aromatic carbocycles. The van der Waals surface area contributed by atoms with Crippen LogP contribution >= 0.6 is 0 Å². The van der Waals surface area contributed by atoms with Gasteiger partial charge in [0.1, 0.15) is 5.82 Å². The lowest BCUT2D eigenvalue weighted by Gasteiger charge is -2.23. The van der Waals surface area contributed by atoms with Gasteiger partial charge in [-0.15, -0.1) is 0 Å². The number of aryl methyl sites for hydroxylation is 1. The standard InChI is InChI=1S/C29H31FN4O4/c1-4-32(28(35)36)15-22-23(16-33(5-2)29(37)38)27(18-10-12-19(30)13-11-18)34-17-26-21(14-25(22)34)20-8-6-7-9-24(20)31(26)3/h6-13H,4-5,14-17H2,1-3H3,(H,35,36)(H,37,38). The molecule has 0 bridgehead atoms. The average Bonchev–Trinajstić information content (AvgIpc) is 3.35. The van der Waals surface area contributed by atoms with E-state index in [4.69, 9.17) is 0 Å². The van der Waals surface area contributed by atoms with Crippen LogP contribution in [-0.4, -0.2) is 54.4 Å². The smallest absolute Gasteiger partial charge is 0.407 e. The SMILES string of the molecule is CCN(Cc1c(CN(CC)C(=O)O)c(-c2ccc(F)cc2)n2c1Cc1c(n(C)c3ccccc13)C2)C(=O)O. The van der Waals surface area contributed by atoms with Crippen LogP contribution in [0.1, 0.15) is 41.9 Å². The van der Waals surface area contributed by atoms with Crippen molar-refractivity contribution in [2.45, 2.75) is 39.9 Å². The summed E-state index contributed by atoms with van der Waals surface area (Å²) in [5.74, 6) is -0.360. The van der Waals surface area contributed by atoms with Crippen LogP contribution < -0.4 is 0 Å². The molecule has 9 heteroatoms. The van der Waals surface area contributed by atoms with Gasteiger partial charge in [-0.2, -0.15) is 0 Å². The van der Waals surface area contributed by atoms with Crippen molar-refractivity contribution in [1.29, 1.82) is 0 Å². The Morgan fingerprint density at radius 1 is 0.895 bits per heavy atom. The molecule has 0 saturated heterocycles. The van der Waals surface area contributed by atoms with Gasteiger partial charge >= 0.3 is 12.2 Å². The van der Waals surface area contributed by atoms with E-state index >= 15 is 0 Å². The summed E-state index contributed by atoms with van der Waals surface area (Å²) in [5.41, 5.74) is 7.55. The summed E-state index contributed by atoms with van der Waals surface area (Å²) in [6.07, 6.45) is -1.50. The van der Waals surface area contributed by atoms with Gasteiger partial charge in [-0.1, -0.05) is 18.2 Å². The van der Waals surface area contributed by atoms with Crippen molar-refractivity contribution in [3.8, 4) is 11.3 Å². The van der Waals surface area contributed by atoms with E-state index in [-0.39, 0.29) is 25.5 Å². The quantitative estimate of drug-likeness (QED) is 0.288. The molecule has 3 heterocycles. The predicted octanol–water partition coefficient (Wildman–Crippen LogP) is 5.74. The first kappa shape index (κ1) is 25.4. The third kappa shape index (κ3) is 4.17. The second-order valence-electron chi connectivity index (χ2n) is 9.62. The summed E-state index contributed by atoms with van der Waals surface area (Å²) in [4.78, 5) is 26.8. The topological polar surface area (TPSA) is 90.9 Å². The molecule has 2 amide bonds. The molecule has 0 radical (unpaired) electrons. The van der Waals surface area contributed by atoms with Crippen molar-refractivity contribution in [2.24, 2.45) is 7.05 Å². The molecule has 4 aromatic rings. The highest BCUT2D eigenvalue weighted by Gasteiger charge is 2.32. The Morgan fingerprint density at radius 3 is 2.11 bits per heavy atom. The van der Waals surface area contributed by atoms with Crippen LogP contribution in [0.4, 0.5) is 14.0 Å². The molecule has 2 aromatic heterocycles. The first-order valence-corrected chi connectivity index (χ1v) is 12.7. The number of aromatic nitrogens is 2. The number of nitrogens with zero attached hydrogens (tertiary/aromatic N) is 4. The molecule has 0 saturated carbocycles. The monoisotopic (exact) mass is 518 g/mol. The minimum atomic E-state index is -1.05. The third-order valence-electron chi connectivity index (χ3n) is 7.71. The summed E-state index contributed by atoms with van der Waals surface area (Å²) in [6.45, 7) is 4.90. The Bertz CT molecular complexity index is 1540. The number of halogens is 1. The number of hydrogen-bond acceptors (Lipinski definition) is 2. The molecule has 198 valence electrons. The number of hydrogen-bond donors (Lipinski definition) is 2. The zero-order valence-electron chi connectivity index (χ0n) is 21.7. The predicted molar refractivity (Wildman–Crippen MR) is 143 cm³/mol. The first-order chi connectivity index (χ1) is 18.2. The fourth-order valence-electron chi connectivity index (χ4n) is 5.70. The molecule has 5 rings (SSSR count). The highest BCUT2D eigenvalue weighted by Crippen LogP contribution is 2.41. The number of carboxylic acid groups (broad SMARTS) is 2. The molecule has 38 heavy (non-hydrogen) atoms. The molecule has 0 fully saturated rings. The summed E-state index contributed by atoms with van der Waals surface area (Å²) in [6, 6.07) is 14.4. The van der Waals surface area contributed by atoms with Crippen LogP contribution in [0.25, 0.3) is 22.2 Å². The number of rotatable bonds is 7. The molecule has 1 aliphatic heterocycles. The Kier molecular flexibility index (Phi) is 6.60. The van der Waals surface area contributed by atoms with E-state index in [1.54, 1.807) is 26.0 Å². The zero-order chi connectivity index (χ0) is 27.1. The number of amides is 2. The second kappa shape index (κ2) is 9.89. The van der Waals surface area contributed by atoms with Crippen LogP contribution in [0.2, 0.25) is 0 Å². The Balaban J connectivity index is 1.79. The fraction of sp³-hybridized carbons (Fsp3) is 0.310. The van der Waals surface area contributed by atoms with Crippen molar-refractivity contribution in [3.05, 3.63) is 82.4 Å². The molecular formula is C29H31FN4O4. The van der Waals surface area contributed by atoms with Gasteiger partial charge in [0.25, 0.3) is 0 Å². The Hall–Kier alpha value is -4.27. The van der Waals surface area contributed by atoms with Crippen LogP contribution in [0.3, 0.4) is 0 Å². The average molecular weight is 519 g/mol. The maximum Gasteiger partial charge on any atom is 0.407 e. The Labute approximate surface area is 220 Å². The van der Waals surface area contributed by atoms with E-state index in [0.29, 0.717) is 19.5 Å². The van der Waals surface area contributed by atoms with Gasteiger partial charge in [0.15, 0.2) is 0 Å². The number of carbonyl (C=O) groups is 2. The van der Waals surface area contributed by atoms with Gasteiger partial charge in [-0.05, 0) is 60.9 Å². The van der Waals surface area contributed by atoms with Crippen molar-refractivity contribution >= 4 is 23.1 Å². The van der Waals surface area contributed by atoms with Gasteiger partial charge in [0.2, 0.25) is 0 Å². The van der Waals surface area contributed by atoms with E-state index in [0.717, 1.165) is 44.7 Å². The lowest BCUT2D eigenvalue weighted by Crippen LogP contribution is -2.31. The van der Waals surface area contributed by atoms with Gasteiger partial charge in [0, 0.05) is 54.4 Å². The molecular weight excluding hydrogens is 487 g/mol. The minimum absolute atomic E-state index is 0.0993. The third-order valence-corrected chi connectivity index (χ3v) is 7.71. The van der Waals surface area contributed by atoms with Crippen LogP contribution in [0.15, 0.2) is 48.5 Å². The van der Waals surface area contributed by atoms with Crippen LogP contribution in [0.5, 0.6) is 0 Å². The lowest BCUT2D eigenvalue weighted by atomic mass is 9.98. The van der Waals surface area contributed by atoms with E-state index in [2.05, 4.69) is 21.3 Å². The molecule has 0 unspecified atom stereocenters. The Morgan fingerprint density at radius 2 is 1.50 bits per heavy atom. The molecule has 8 nitrogen and oxygen atoms in total. The highest BCUT2D eigenvalue weighted by molar-refractivity contribution is 5.86. The largest absolute Gasteiger partial charge is 0.465 e. The highest BCUT2D eigenvalue weighted by atomic mass is 19.1. The van der Waals surface area contributed by atoms with Gasteiger partial charge < -0.3 is 29.1 Å². The number of fused-ring (bicyclic) bond motifs is 4. The van der Waals surface area contributed by atoms with Crippen LogP contribution in [0, 0.1) is 5.82 Å². The van der Waals surface area contributed by atoms with E-state index in [1.807, 2.05) is 19.2 Å². The van der Waals surface area contributed by atoms with E-state index < -0.39 is 12.2 Å². The van der Waals surface area contributed by atoms with Crippen molar-refractivity contribution < 1.29 is 24.2 Å². The summed E-state index contributed by atoms with van der Waals surface area (Å²) in [5, 5.41) is 20.9. The molecule has 0 spiro atoms. The first-order valence-electron chi connectivity index (χ1n) is 12.7. The number of benzene rings is 2. The molecule has 1 aliphatic rings. The van der Waals surface area contributed by atoms with E-state index in [9.17, 15) is 24.2 Å². The molecule has 0 atom stereocenters. The van der Waals surface area contributed by atoms with Crippen LogP contribution in [-0.2, 0) is 33.1 Å². The minimum Gasteiger partial charge on any atom is -0.465 e. The lowest BCUT2D eigenvalue weighted by molar-refractivity contribution is 0.141. The summed E-state index contributed by atoms with van der Waals surface area (Å²) >= 11 is 0. The molecule has 0 aliphatic carbocycles. The summed E-state index contributed by atoms with van der Waals surface area (Å²) in [7, 11) is 2.04. The second-order valence-corrected chi connectivity index (χ2v) is 9.62. The maximum atomic E-state index is 13.9. The van der Waals surface area contributed by atoms with Gasteiger partial charge in [-0.3, -0.25) is 0 Å². The number of para-hydroxylation sites is 1. The van der Waals surface area contributed by atoms with Crippen molar-refractivity contribution in [3.63, 3.8) is 0 Å². The maximum absolute atomic E-state index is 13.9. The van der Waals surface area contributed by atoms with Crippen molar-refractivity contribution in [1.82, 2.24) is 18.9 Å². The van der Waals surface area contributed by atoms with Gasteiger partial charge in [0.05, 0.1) is 25.3 Å². The summed E-state index contributed by atoms with van der Waals surface area (Å²) < 4.78 is 18.3. The van der Waals surface area contributed by atoms with E-state index in [1.165, 1.54) is 27.5 Å². The fourth-order valence-corrected chi connectivity index (χ4v) is 5.70. The molecule has 2 N–H and O–H groups in total.